The van der Waals surface area contributed by atoms with Crippen LogP contribution in [0.2, 0.25) is 0 Å². The molecule has 2 rings (SSSR count). The Bertz CT molecular complexity index is 516. The van der Waals surface area contributed by atoms with Gasteiger partial charge in [0, 0.05) is 12.6 Å². The quantitative estimate of drug-likeness (QED) is 0.856. The lowest BCUT2D eigenvalue weighted by Gasteiger charge is -2.30. The van der Waals surface area contributed by atoms with E-state index in [-0.39, 0.29) is 0 Å². The van der Waals surface area contributed by atoms with Crippen LogP contribution in [0.1, 0.15) is 31.9 Å². The highest BCUT2D eigenvalue weighted by Crippen LogP contribution is 2.27. The number of nitrogens with zero attached hydrogens (tertiary/aromatic N) is 1. The standard InChI is InChI=1S/C17H24N2/c1-3-12-19(4-2)17(13-18)16-11-7-9-14-8-5-6-10-15(14)16/h5-11,17H,3-4,12-13,18H2,1-2H3. The minimum absolute atomic E-state index is 0.316. The molecule has 0 aliphatic rings. The summed E-state index contributed by atoms with van der Waals surface area (Å²) in [4.78, 5) is 2.47. The smallest absolute Gasteiger partial charge is 0.0476 e. The van der Waals surface area contributed by atoms with E-state index in [1.54, 1.807) is 0 Å². The van der Waals surface area contributed by atoms with Crippen molar-refractivity contribution in [1.82, 2.24) is 4.90 Å². The molecule has 1 atom stereocenters. The first-order chi connectivity index (χ1) is 9.31. The topological polar surface area (TPSA) is 29.3 Å². The number of fused-ring (bicyclic) bond motifs is 1. The highest BCUT2D eigenvalue weighted by atomic mass is 15.2. The first-order valence-electron chi connectivity index (χ1n) is 7.23. The summed E-state index contributed by atoms with van der Waals surface area (Å²) in [5, 5.41) is 2.63. The summed E-state index contributed by atoms with van der Waals surface area (Å²) in [5.41, 5.74) is 7.42. The maximum Gasteiger partial charge on any atom is 0.0476 e. The van der Waals surface area contributed by atoms with Crippen LogP contribution in [0.4, 0.5) is 0 Å². The van der Waals surface area contributed by atoms with Crippen LogP contribution in [0, 0.1) is 0 Å². The molecule has 0 bridgehead atoms. The van der Waals surface area contributed by atoms with Gasteiger partial charge in [-0.2, -0.15) is 0 Å². The molecule has 0 aliphatic carbocycles. The monoisotopic (exact) mass is 256 g/mol. The zero-order chi connectivity index (χ0) is 13.7. The fourth-order valence-corrected chi connectivity index (χ4v) is 2.84. The molecule has 0 heterocycles. The van der Waals surface area contributed by atoms with Gasteiger partial charge < -0.3 is 5.73 Å². The van der Waals surface area contributed by atoms with Crippen LogP contribution >= 0.6 is 0 Å². The Labute approximate surface area is 116 Å². The molecule has 0 aliphatic heterocycles. The molecular formula is C17H24N2. The Morgan fingerprint density at radius 2 is 1.79 bits per heavy atom. The molecule has 1 unspecified atom stereocenters. The maximum atomic E-state index is 6.06. The van der Waals surface area contributed by atoms with Crippen LogP contribution in [0.25, 0.3) is 10.8 Å². The van der Waals surface area contributed by atoms with E-state index in [2.05, 4.69) is 61.2 Å². The van der Waals surface area contributed by atoms with Gasteiger partial charge in [-0.15, -0.1) is 0 Å². The van der Waals surface area contributed by atoms with Gasteiger partial charge in [-0.25, -0.2) is 0 Å². The van der Waals surface area contributed by atoms with E-state index in [9.17, 15) is 0 Å². The summed E-state index contributed by atoms with van der Waals surface area (Å²) >= 11 is 0. The van der Waals surface area contributed by atoms with Gasteiger partial charge in [0.05, 0.1) is 0 Å². The van der Waals surface area contributed by atoms with E-state index in [1.165, 1.54) is 16.3 Å². The Balaban J connectivity index is 2.45. The third-order valence-corrected chi connectivity index (χ3v) is 3.76. The van der Waals surface area contributed by atoms with Crippen molar-refractivity contribution in [2.75, 3.05) is 19.6 Å². The zero-order valence-corrected chi connectivity index (χ0v) is 12.0. The van der Waals surface area contributed by atoms with Gasteiger partial charge in [-0.3, -0.25) is 4.90 Å². The SMILES string of the molecule is CCCN(CC)C(CN)c1cccc2ccccc12. The van der Waals surface area contributed by atoms with Gasteiger partial charge >= 0.3 is 0 Å². The summed E-state index contributed by atoms with van der Waals surface area (Å²) in [5.74, 6) is 0. The van der Waals surface area contributed by atoms with E-state index in [0.29, 0.717) is 12.6 Å². The lowest BCUT2D eigenvalue weighted by atomic mass is 9.97. The average Bonchev–Trinajstić information content (AvgIpc) is 2.47. The fourth-order valence-electron chi connectivity index (χ4n) is 2.84. The Morgan fingerprint density at radius 3 is 2.47 bits per heavy atom. The molecule has 2 aromatic carbocycles. The number of hydrogen-bond donors (Lipinski definition) is 1. The first-order valence-corrected chi connectivity index (χ1v) is 7.23. The molecule has 0 spiro atoms. The van der Waals surface area contributed by atoms with Crippen molar-refractivity contribution in [1.29, 1.82) is 0 Å². The predicted molar refractivity (Wildman–Crippen MR) is 83.3 cm³/mol. The van der Waals surface area contributed by atoms with Crippen LogP contribution in [0.3, 0.4) is 0 Å². The van der Waals surface area contributed by atoms with Crippen molar-refractivity contribution in [2.45, 2.75) is 26.3 Å². The molecule has 0 amide bonds. The molecule has 0 radical (unpaired) electrons. The molecule has 0 saturated carbocycles. The summed E-state index contributed by atoms with van der Waals surface area (Å²) in [6.07, 6.45) is 1.16. The Hall–Kier alpha value is -1.38. The fraction of sp³-hybridized carbons (Fsp3) is 0.412. The summed E-state index contributed by atoms with van der Waals surface area (Å²) in [6, 6.07) is 15.4. The third-order valence-electron chi connectivity index (χ3n) is 3.76. The molecule has 102 valence electrons. The second-order valence-electron chi connectivity index (χ2n) is 4.95. The van der Waals surface area contributed by atoms with Crippen molar-refractivity contribution in [3.8, 4) is 0 Å². The number of nitrogens with two attached hydrogens (primary N) is 1. The minimum atomic E-state index is 0.316. The molecule has 0 fully saturated rings. The molecular weight excluding hydrogens is 232 g/mol. The lowest BCUT2D eigenvalue weighted by molar-refractivity contribution is 0.214. The molecule has 2 heteroatoms. The van der Waals surface area contributed by atoms with Gasteiger partial charge in [-0.05, 0) is 35.8 Å². The highest BCUT2D eigenvalue weighted by Gasteiger charge is 2.18. The number of rotatable bonds is 6. The zero-order valence-electron chi connectivity index (χ0n) is 12.0. The molecule has 0 saturated heterocycles. The average molecular weight is 256 g/mol. The highest BCUT2D eigenvalue weighted by molar-refractivity contribution is 5.86. The summed E-state index contributed by atoms with van der Waals surface area (Å²) in [7, 11) is 0. The number of benzene rings is 2. The van der Waals surface area contributed by atoms with Gasteiger partial charge in [0.15, 0.2) is 0 Å². The van der Waals surface area contributed by atoms with Crippen LogP contribution in [-0.4, -0.2) is 24.5 Å². The minimum Gasteiger partial charge on any atom is -0.329 e. The maximum absolute atomic E-state index is 6.06. The summed E-state index contributed by atoms with van der Waals surface area (Å²) < 4.78 is 0. The van der Waals surface area contributed by atoms with Crippen LogP contribution in [-0.2, 0) is 0 Å². The van der Waals surface area contributed by atoms with Gasteiger partial charge in [0.1, 0.15) is 0 Å². The van der Waals surface area contributed by atoms with Gasteiger partial charge in [0.2, 0.25) is 0 Å². The predicted octanol–water partition coefficient (Wildman–Crippen LogP) is 3.57. The van der Waals surface area contributed by atoms with Gasteiger partial charge in [-0.1, -0.05) is 56.3 Å². The third kappa shape index (κ3) is 2.96. The Kier molecular flexibility index (Phi) is 4.94. The van der Waals surface area contributed by atoms with E-state index in [4.69, 9.17) is 5.73 Å². The van der Waals surface area contributed by atoms with Crippen molar-refractivity contribution >= 4 is 10.8 Å². The van der Waals surface area contributed by atoms with E-state index < -0.39 is 0 Å². The van der Waals surface area contributed by atoms with Crippen molar-refractivity contribution in [3.63, 3.8) is 0 Å². The number of hydrogen-bond acceptors (Lipinski definition) is 2. The van der Waals surface area contributed by atoms with Gasteiger partial charge in [0.25, 0.3) is 0 Å². The van der Waals surface area contributed by atoms with Crippen molar-refractivity contribution in [3.05, 3.63) is 48.0 Å². The molecule has 2 N–H and O–H groups in total. The van der Waals surface area contributed by atoms with E-state index >= 15 is 0 Å². The van der Waals surface area contributed by atoms with Crippen molar-refractivity contribution < 1.29 is 0 Å². The van der Waals surface area contributed by atoms with Crippen LogP contribution in [0.15, 0.2) is 42.5 Å². The van der Waals surface area contributed by atoms with E-state index in [0.717, 1.165) is 19.5 Å². The molecule has 2 aromatic rings. The lowest BCUT2D eigenvalue weighted by Crippen LogP contribution is -2.34. The van der Waals surface area contributed by atoms with Crippen LogP contribution in [0.5, 0.6) is 0 Å². The molecule has 2 nitrogen and oxygen atoms in total. The largest absolute Gasteiger partial charge is 0.329 e. The first kappa shape index (κ1) is 14.0. The second-order valence-corrected chi connectivity index (χ2v) is 4.95. The summed E-state index contributed by atoms with van der Waals surface area (Å²) in [6.45, 7) is 7.24. The van der Waals surface area contributed by atoms with Crippen molar-refractivity contribution in [2.24, 2.45) is 5.73 Å². The van der Waals surface area contributed by atoms with Crippen LogP contribution < -0.4 is 5.73 Å². The Morgan fingerprint density at radius 1 is 1.05 bits per heavy atom. The molecule has 0 aromatic heterocycles. The normalized spacial score (nSPS) is 13.1. The molecule has 19 heavy (non-hydrogen) atoms. The second kappa shape index (κ2) is 6.69. The van der Waals surface area contributed by atoms with E-state index in [1.807, 2.05) is 0 Å². The number of likely N-dealkylation sites (N-methyl/N-ethyl adjacent to an activating group) is 1.